The van der Waals surface area contributed by atoms with Crippen molar-refractivity contribution >= 4 is 34.0 Å². The lowest BCUT2D eigenvalue weighted by Crippen LogP contribution is -2.25. The van der Waals surface area contributed by atoms with Crippen LogP contribution in [0.2, 0.25) is 0 Å². The third kappa shape index (κ3) is 4.11. The van der Waals surface area contributed by atoms with Crippen molar-refractivity contribution in [2.75, 3.05) is 5.73 Å². The van der Waals surface area contributed by atoms with E-state index in [2.05, 4.69) is 25.4 Å². The number of aromatic nitrogens is 6. The zero-order valence-electron chi connectivity index (χ0n) is 18.9. The van der Waals surface area contributed by atoms with Gasteiger partial charge in [-0.25, -0.2) is 15.0 Å². The number of rotatable bonds is 5. The highest BCUT2D eigenvalue weighted by Gasteiger charge is 2.21. The van der Waals surface area contributed by atoms with E-state index in [0.717, 1.165) is 32.0 Å². The van der Waals surface area contributed by atoms with Gasteiger partial charge in [0.1, 0.15) is 11.4 Å². The summed E-state index contributed by atoms with van der Waals surface area (Å²) in [5.41, 5.74) is 10.5. The topological polar surface area (TPSA) is 125 Å². The number of carbonyl (C=O) groups is 1. The van der Waals surface area contributed by atoms with Gasteiger partial charge in [0.15, 0.2) is 11.5 Å². The average molecular weight is 471 g/mol. The highest BCUT2D eigenvalue weighted by Crippen LogP contribution is 2.31. The SMILES string of the molecule is Cc1nc(C)c(CNC(=O)c2nc(-c3ccc4ncccc4c3)c(-c3ccn(C)n3)nc2N)s1. The van der Waals surface area contributed by atoms with Gasteiger partial charge < -0.3 is 11.1 Å². The predicted octanol–water partition coefficient (Wildman–Crippen LogP) is 3.68. The van der Waals surface area contributed by atoms with Crippen molar-refractivity contribution in [3.05, 3.63) is 70.1 Å². The number of carbonyl (C=O) groups excluding carboxylic acids is 1. The number of nitrogens with zero attached hydrogens (tertiary/aromatic N) is 6. The first-order valence-corrected chi connectivity index (χ1v) is 11.4. The number of pyridine rings is 1. The van der Waals surface area contributed by atoms with Crippen LogP contribution in [0.25, 0.3) is 33.5 Å². The van der Waals surface area contributed by atoms with Crippen LogP contribution in [0.3, 0.4) is 0 Å². The van der Waals surface area contributed by atoms with Gasteiger partial charge in [-0.2, -0.15) is 5.10 Å². The van der Waals surface area contributed by atoms with Crippen LogP contribution in [0, 0.1) is 13.8 Å². The van der Waals surface area contributed by atoms with E-state index in [1.54, 1.807) is 22.2 Å². The molecule has 10 heteroatoms. The van der Waals surface area contributed by atoms with Gasteiger partial charge in [0, 0.05) is 35.3 Å². The molecule has 0 aliphatic carbocycles. The molecule has 0 unspecified atom stereocenters. The number of amides is 1. The molecule has 4 aromatic heterocycles. The molecule has 4 heterocycles. The fraction of sp³-hybridized carbons (Fsp3) is 0.167. The third-order valence-corrected chi connectivity index (χ3v) is 6.45. The minimum absolute atomic E-state index is 0.0431. The molecule has 1 amide bonds. The molecule has 0 aliphatic rings. The Morgan fingerprint density at radius 3 is 2.71 bits per heavy atom. The number of fused-ring (bicyclic) bond motifs is 1. The molecule has 3 N–H and O–H groups in total. The Labute approximate surface area is 199 Å². The maximum Gasteiger partial charge on any atom is 0.274 e. The van der Waals surface area contributed by atoms with E-state index >= 15 is 0 Å². The number of thiazole rings is 1. The van der Waals surface area contributed by atoms with Crippen LogP contribution in [0.5, 0.6) is 0 Å². The second kappa shape index (κ2) is 8.64. The zero-order valence-corrected chi connectivity index (χ0v) is 19.7. The Morgan fingerprint density at radius 1 is 1.12 bits per heavy atom. The smallest absolute Gasteiger partial charge is 0.274 e. The monoisotopic (exact) mass is 470 g/mol. The molecule has 0 fully saturated rings. The average Bonchev–Trinajstić information content (AvgIpc) is 3.40. The van der Waals surface area contributed by atoms with Gasteiger partial charge >= 0.3 is 0 Å². The van der Waals surface area contributed by atoms with Crippen molar-refractivity contribution in [1.82, 2.24) is 35.0 Å². The number of nitrogens with one attached hydrogen (secondary N) is 1. The Kier molecular flexibility index (Phi) is 5.50. The number of anilines is 1. The summed E-state index contributed by atoms with van der Waals surface area (Å²) in [6.07, 6.45) is 3.57. The number of nitrogens with two attached hydrogens (primary N) is 1. The van der Waals surface area contributed by atoms with E-state index in [4.69, 9.17) is 10.7 Å². The summed E-state index contributed by atoms with van der Waals surface area (Å²) in [6, 6.07) is 11.5. The van der Waals surface area contributed by atoms with E-state index in [-0.39, 0.29) is 11.5 Å². The molecule has 9 nitrogen and oxygen atoms in total. The highest BCUT2D eigenvalue weighted by atomic mass is 32.1. The van der Waals surface area contributed by atoms with Crippen LogP contribution in [0.1, 0.15) is 26.1 Å². The van der Waals surface area contributed by atoms with Gasteiger partial charge in [-0.1, -0.05) is 12.1 Å². The van der Waals surface area contributed by atoms with Crippen molar-refractivity contribution in [2.45, 2.75) is 20.4 Å². The molecule has 0 saturated carbocycles. The number of aryl methyl sites for hydroxylation is 3. The maximum atomic E-state index is 13.1. The van der Waals surface area contributed by atoms with Crippen molar-refractivity contribution < 1.29 is 4.79 Å². The first-order valence-electron chi connectivity index (χ1n) is 10.6. The van der Waals surface area contributed by atoms with Gasteiger partial charge in [-0.05, 0) is 38.1 Å². The lowest BCUT2D eigenvalue weighted by molar-refractivity contribution is 0.0947. The van der Waals surface area contributed by atoms with Crippen LogP contribution < -0.4 is 11.1 Å². The van der Waals surface area contributed by atoms with Crippen LogP contribution in [-0.4, -0.2) is 35.6 Å². The molecule has 34 heavy (non-hydrogen) atoms. The summed E-state index contributed by atoms with van der Waals surface area (Å²) in [7, 11) is 1.83. The lowest BCUT2D eigenvalue weighted by Gasteiger charge is -2.12. The summed E-state index contributed by atoms with van der Waals surface area (Å²) in [5, 5.41) is 9.28. The minimum Gasteiger partial charge on any atom is -0.382 e. The summed E-state index contributed by atoms with van der Waals surface area (Å²) in [5.74, 6) is -0.353. The number of nitrogen functional groups attached to an aromatic ring is 1. The second-order valence-electron chi connectivity index (χ2n) is 7.86. The molecular formula is C24H22N8OS. The fourth-order valence-corrected chi connectivity index (χ4v) is 4.62. The molecule has 1 aromatic carbocycles. The standard InChI is InChI=1S/C24H22N8OS/c1-13-19(34-14(2)28-13)12-27-24(33)22-23(25)30-21(18-8-10-32(3)31-18)20(29-22)16-6-7-17-15(11-16)5-4-9-26-17/h4-11H,12H2,1-3H3,(H2,25,30)(H,27,33). The molecule has 5 aromatic rings. The van der Waals surface area contributed by atoms with Crippen molar-refractivity contribution in [3.63, 3.8) is 0 Å². The zero-order chi connectivity index (χ0) is 23.8. The number of hydrogen-bond acceptors (Lipinski definition) is 8. The van der Waals surface area contributed by atoms with Gasteiger partial charge in [0.2, 0.25) is 0 Å². The second-order valence-corrected chi connectivity index (χ2v) is 9.15. The van der Waals surface area contributed by atoms with Gasteiger partial charge in [0.25, 0.3) is 5.91 Å². The summed E-state index contributed by atoms with van der Waals surface area (Å²) in [4.78, 5) is 32.1. The Balaban J connectivity index is 1.58. The van der Waals surface area contributed by atoms with Crippen molar-refractivity contribution in [2.24, 2.45) is 7.05 Å². The first kappa shape index (κ1) is 21.7. The van der Waals surface area contributed by atoms with E-state index in [1.165, 1.54) is 0 Å². The highest BCUT2D eigenvalue weighted by molar-refractivity contribution is 7.11. The largest absolute Gasteiger partial charge is 0.382 e. The van der Waals surface area contributed by atoms with Crippen LogP contribution >= 0.6 is 11.3 Å². The van der Waals surface area contributed by atoms with E-state index < -0.39 is 5.91 Å². The molecule has 0 spiro atoms. The minimum atomic E-state index is -0.397. The van der Waals surface area contributed by atoms with Gasteiger partial charge in [-0.3, -0.25) is 14.5 Å². The summed E-state index contributed by atoms with van der Waals surface area (Å²) in [6.45, 7) is 4.21. The Morgan fingerprint density at radius 2 is 1.97 bits per heavy atom. The molecule has 0 bridgehead atoms. The molecular weight excluding hydrogens is 448 g/mol. The predicted molar refractivity (Wildman–Crippen MR) is 132 cm³/mol. The molecule has 170 valence electrons. The Bertz CT molecular complexity index is 1540. The normalized spacial score (nSPS) is 11.1. The first-order chi connectivity index (χ1) is 16.4. The third-order valence-electron chi connectivity index (χ3n) is 5.38. The number of benzene rings is 1. The van der Waals surface area contributed by atoms with Crippen LogP contribution in [-0.2, 0) is 13.6 Å². The summed E-state index contributed by atoms with van der Waals surface area (Å²) < 4.78 is 1.68. The van der Waals surface area contributed by atoms with Gasteiger partial charge in [0.05, 0.1) is 28.5 Å². The maximum absolute atomic E-state index is 13.1. The molecule has 0 radical (unpaired) electrons. The fourth-order valence-electron chi connectivity index (χ4n) is 3.74. The molecule has 0 saturated heterocycles. The van der Waals surface area contributed by atoms with E-state index in [9.17, 15) is 4.79 Å². The lowest BCUT2D eigenvalue weighted by atomic mass is 10.0. The van der Waals surface area contributed by atoms with E-state index in [0.29, 0.717) is 23.6 Å². The molecule has 5 rings (SSSR count). The van der Waals surface area contributed by atoms with Crippen LogP contribution in [0.4, 0.5) is 5.82 Å². The van der Waals surface area contributed by atoms with E-state index in [1.807, 2.05) is 63.5 Å². The number of hydrogen-bond donors (Lipinski definition) is 2. The van der Waals surface area contributed by atoms with Crippen molar-refractivity contribution in [1.29, 1.82) is 0 Å². The quantitative estimate of drug-likeness (QED) is 0.401. The Hall–Kier alpha value is -4.18. The van der Waals surface area contributed by atoms with Gasteiger partial charge in [-0.15, -0.1) is 11.3 Å². The molecule has 0 atom stereocenters. The van der Waals surface area contributed by atoms with Crippen molar-refractivity contribution in [3.8, 4) is 22.6 Å². The summed E-state index contributed by atoms with van der Waals surface area (Å²) >= 11 is 1.55. The molecule has 0 aliphatic heterocycles. The van der Waals surface area contributed by atoms with Crippen LogP contribution in [0.15, 0.2) is 48.8 Å².